The summed E-state index contributed by atoms with van der Waals surface area (Å²) < 4.78 is 6.09. The topological polar surface area (TPSA) is 53.2 Å². The third kappa shape index (κ3) is 2.07. The van der Waals surface area contributed by atoms with E-state index in [0.29, 0.717) is 5.56 Å². The zero-order chi connectivity index (χ0) is 13.3. The summed E-state index contributed by atoms with van der Waals surface area (Å²) in [5.74, 6) is 0.752. The number of hydrogen-bond acceptors (Lipinski definition) is 3. The molecule has 0 saturated heterocycles. The van der Waals surface area contributed by atoms with Crippen molar-refractivity contribution in [2.45, 2.75) is 12.5 Å². The number of hydrogen-bond donors (Lipinski definition) is 1. The Morgan fingerprint density at radius 3 is 2.67 bits per heavy atom. The van der Waals surface area contributed by atoms with Gasteiger partial charge in [0, 0.05) is 0 Å². The molecule has 0 aromatic heterocycles. The summed E-state index contributed by atoms with van der Waals surface area (Å²) in [6, 6.07) is 11.0. The van der Waals surface area contributed by atoms with Crippen LogP contribution < -0.4 is 4.74 Å². The molecule has 0 aliphatic rings. The fourth-order valence-corrected chi connectivity index (χ4v) is 2.45. The Kier molecular flexibility index (Phi) is 3.29. The number of methoxy groups -OCH3 is 1. The van der Waals surface area contributed by atoms with Crippen molar-refractivity contribution in [3.8, 4) is 11.8 Å². The molecule has 0 aliphatic heterocycles. The summed E-state index contributed by atoms with van der Waals surface area (Å²) in [6.45, 7) is 1.48. The second kappa shape index (κ2) is 4.60. The Balaban J connectivity index is 2.66. The summed E-state index contributed by atoms with van der Waals surface area (Å²) in [5.41, 5.74) is -0.893. The Morgan fingerprint density at radius 1 is 1.33 bits per heavy atom. The Labute approximate surface area is 114 Å². The van der Waals surface area contributed by atoms with Gasteiger partial charge < -0.3 is 9.84 Å². The van der Waals surface area contributed by atoms with Gasteiger partial charge in [-0.15, -0.1) is 0 Å². The molecule has 1 unspecified atom stereocenters. The smallest absolute Gasteiger partial charge is 0.173 e. The zero-order valence-electron chi connectivity index (χ0n) is 10.1. The summed E-state index contributed by atoms with van der Waals surface area (Å²) in [6.07, 6.45) is 0. The molecule has 2 aromatic rings. The third-order valence-electron chi connectivity index (χ3n) is 2.92. The van der Waals surface area contributed by atoms with Crippen LogP contribution in [0.2, 0.25) is 0 Å². The van der Waals surface area contributed by atoms with E-state index in [9.17, 15) is 5.11 Å². The molecule has 1 N–H and O–H groups in total. The van der Waals surface area contributed by atoms with Crippen LogP contribution >= 0.6 is 15.9 Å². The predicted molar refractivity (Wildman–Crippen MR) is 73.4 cm³/mol. The number of ether oxygens (including phenoxy) is 1. The molecule has 0 spiro atoms. The van der Waals surface area contributed by atoms with Crippen molar-refractivity contribution in [3.05, 3.63) is 40.4 Å². The average Bonchev–Trinajstić information content (AvgIpc) is 2.39. The minimum Gasteiger partial charge on any atom is -0.496 e. The number of benzene rings is 2. The molecule has 1 atom stereocenters. The molecule has 0 bridgehead atoms. The normalized spacial score (nSPS) is 13.9. The van der Waals surface area contributed by atoms with Crippen molar-refractivity contribution in [2.75, 3.05) is 7.11 Å². The molecule has 2 aromatic carbocycles. The van der Waals surface area contributed by atoms with E-state index in [-0.39, 0.29) is 0 Å². The number of nitrogens with zero attached hydrogens (tertiary/aromatic N) is 1. The number of halogens is 1. The fourth-order valence-electron chi connectivity index (χ4n) is 1.80. The van der Waals surface area contributed by atoms with Gasteiger partial charge >= 0.3 is 0 Å². The third-order valence-corrected chi connectivity index (χ3v) is 3.74. The number of rotatable bonds is 2. The van der Waals surface area contributed by atoms with E-state index in [1.165, 1.54) is 6.92 Å². The van der Waals surface area contributed by atoms with Crippen LogP contribution in [0.4, 0.5) is 0 Å². The van der Waals surface area contributed by atoms with Crippen LogP contribution in [0.25, 0.3) is 10.8 Å². The second-order valence-electron chi connectivity index (χ2n) is 4.20. The molecule has 0 saturated carbocycles. The first-order valence-corrected chi connectivity index (χ1v) is 6.19. The molecule has 0 aliphatic carbocycles. The first kappa shape index (κ1) is 12.9. The van der Waals surface area contributed by atoms with Gasteiger partial charge in [0.2, 0.25) is 0 Å². The lowest BCUT2D eigenvalue weighted by Gasteiger charge is -2.16. The Bertz CT molecular complexity index is 644. The SMILES string of the molecule is COc1ccc2cc(C(C)(O)C#N)ccc2c1Br. The van der Waals surface area contributed by atoms with Crippen molar-refractivity contribution >= 4 is 26.7 Å². The van der Waals surface area contributed by atoms with Crippen LogP contribution in [0.3, 0.4) is 0 Å². The minimum atomic E-state index is -1.47. The highest BCUT2D eigenvalue weighted by molar-refractivity contribution is 9.10. The fraction of sp³-hybridized carbons (Fsp3) is 0.214. The Hall–Kier alpha value is -1.57. The highest BCUT2D eigenvalue weighted by Crippen LogP contribution is 2.34. The maximum atomic E-state index is 9.93. The van der Waals surface area contributed by atoms with E-state index < -0.39 is 5.60 Å². The van der Waals surface area contributed by atoms with Gasteiger partial charge in [0.05, 0.1) is 11.6 Å². The van der Waals surface area contributed by atoms with E-state index in [1.54, 1.807) is 13.2 Å². The lowest BCUT2D eigenvalue weighted by atomic mass is 9.95. The van der Waals surface area contributed by atoms with E-state index in [4.69, 9.17) is 10.00 Å². The molecule has 4 heteroatoms. The second-order valence-corrected chi connectivity index (χ2v) is 4.99. The van der Waals surface area contributed by atoms with Crippen molar-refractivity contribution < 1.29 is 9.84 Å². The largest absolute Gasteiger partial charge is 0.496 e. The summed E-state index contributed by atoms with van der Waals surface area (Å²) in [5, 5.41) is 20.8. The molecule has 0 amide bonds. The quantitative estimate of drug-likeness (QED) is 0.866. The van der Waals surface area contributed by atoms with E-state index in [0.717, 1.165) is 21.0 Å². The number of nitriles is 1. The van der Waals surface area contributed by atoms with Gasteiger partial charge in [-0.25, -0.2) is 0 Å². The highest BCUT2D eigenvalue weighted by atomic mass is 79.9. The maximum Gasteiger partial charge on any atom is 0.173 e. The van der Waals surface area contributed by atoms with E-state index >= 15 is 0 Å². The lowest BCUT2D eigenvalue weighted by Crippen LogP contribution is -2.17. The predicted octanol–water partition coefficient (Wildman–Crippen LogP) is 3.34. The van der Waals surface area contributed by atoms with Gasteiger partial charge in [-0.1, -0.05) is 18.2 Å². The van der Waals surface area contributed by atoms with Crippen molar-refractivity contribution in [1.29, 1.82) is 5.26 Å². The molecular weight excluding hydrogens is 294 g/mol. The lowest BCUT2D eigenvalue weighted by molar-refractivity contribution is 0.120. The summed E-state index contributed by atoms with van der Waals surface area (Å²) in [4.78, 5) is 0. The van der Waals surface area contributed by atoms with Crippen LogP contribution in [0.5, 0.6) is 5.75 Å². The van der Waals surface area contributed by atoms with Crippen LogP contribution in [0.15, 0.2) is 34.8 Å². The van der Waals surface area contributed by atoms with Crippen molar-refractivity contribution in [3.63, 3.8) is 0 Å². The molecule has 92 valence electrons. The van der Waals surface area contributed by atoms with Gasteiger partial charge in [-0.2, -0.15) is 5.26 Å². The Morgan fingerprint density at radius 2 is 2.06 bits per heavy atom. The molecule has 3 nitrogen and oxygen atoms in total. The molecule has 2 rings (SSSR count). The van der Waals surface area contributed by atoms with Gasteiger partial charge in [0.1, 0.15) is 11.8 Å². The minimum absolute atomic E-state index is 0.578. The average molecular weight is 306 g/mol. The monoisotopic (exact) mass is 305 g/mol. The molecule has 0 heterocycles. The summed E-state index contributed by atoms with van der Waals surface area (Å²) in [7, 11) is 1.61. The van der Waals surface area contributed by atoms with Gasteiger partial charge in [-0.05, 0) is 51.3 Å². The van der Waals surface area contributed by atoms with Gasteiger partial charge in [-0.3, -0.25) is 0 Å². The first-order valence-electron chi connectivity index (χ1n) is 5.40. The van der Waals surface area contributed by atoms with Crippen LogP contribution in [0.1, 0.15) is 12.5 Å². The summed E-state index contributed by atoms with van der Waals surface area (Å²) >= 11 is 3.48. The van der Waals surface area contributed by atoms with Crippen molar-refractivity contribution in [1.82, 2.24) is 0 Å². The highest BCUT2D eigenvalue weighted by Gasteiger charge is 2.22. The maximum absolute atomic E-state index is 9.93. The molecule has 18 heavy (non-hydrogen) atoms. The molecule has 0 radical (unpaired) electrons. The first-order chi connectivity index (χ1) is 8.49. The number of fused-ring (bicyclic) bond motifs is 1. The van der Waals surface area contributed by atoms with Crippen LogP contribution in [0, 0.1) is 11.3 Å². The van der Waals surface area contributed by atoms with E-state index in [1.807, 2.05) is 30.3 Å². The molecular formula is C14H12BrNO2. The van der Waals surface area contributed by atoms with Crippen molar-refractivity contribution in [2.24, 2.45) is 0 Å². The standard InChI is InChI=1S/C14H12BrNO2/c1-14(17,8-16)10-4-5-11-9(7-10)3-6-12(18-2)13(11)15/h3-7,17H,1-2H3. The van der Waals surface area contributed by atoms with E-state index in [2.05, 4.69) is 15.9 Å². The van der Waals surface area contributed by atoms with Gasteiger partial charge in [0.15, 0.2) is 5.60 Å². The van der Waals surface area contributed by atoms with Crippen LogP contribution in [-0.2, 0) is 5.60 Å². The molecule has 0 fully saturated rings. The van der Waals surface area contributed by atoms with Gasteiger partial charge in [0.25, 0.3) is 0 Å². The zero-order valence-corrected chi connectivity index (χ0v) is 11.7. The van der Waals surface area contributed by atoms with Crippen LogP contribution in [-0.4, -0.2) is 12.2 Å². The number of aliphatic hydroxyl groups is 1.